The average molecular weight is 362 g/mol. The highest BCUT2D eigenvalue weighted by Crippen LogP contribution is 2.33. The van der Waals surface area contributed by atoms with Crippen LogP contribution in [0.1, 0.15) is 38.7 Å². The van der Waals surface area contributed by atoms with E-state index < -0.39 is 30.1 Å². The van der Waals surface area contributed by atoms with Gasteiger partial charge in [-0.25, -0.2) is 9.59 Å². The van der Waals surface area contributed by atoms with Crippen molar-refractivity contribution in [3.8, 4) is 0 Å². The van der Waals surface area contributed by atoms with Gasteiger partial charge in [-0.1, -0.05) is 57.0 Å². The molecule has 0 heterocycles. The van der Waals surface area contributed by atoms with Crippen LogP contribution < -0.4 is 10.6 Å². The standard InChI is InChI=1S/C19H26N2O5/c1-12(2)16(17(22)20-15(18(23)24)10-13-8-9-13)21-19(25)26-11-14-6-4-3-5-7-14/h3-7,12-13,15-16H,8-11H2,1-2H3,(H,20,22)(H,21,25)(H,23,24)/t15-,16-/m1/s1. The van der Waals surface area contributed by atoms with Gasteiger partial charge in [-0.05, 0) is 23.8 Å². The van der Waals surface area contributed by atoms with Crippen LogP contribution in [-0.4, -0.2) is 35.2 Å². The summed E-state index contributed by atoms with van der Waals surface area (Å²) in [6.07, 6.45) is 1.70. The van der Waals surface area contributed by atoms with Crippen LogP contribution in [0.2, 0.25) is 0 Å². The molecule has 2 rings (SSSR count). The van der Waals surface area contributed by atoms with Crippen molar-refractivity contribution in [3.05, 3.63) is 35.9 Å². The van der Waals surface area contributed by atoms with Gasteiger partial charge in [-0.15, -0.1) is 0 Å². The zero-order chi connectivity index (χ0) is 19.1. The summed E-state index contributed by atoms with van der Waals surface area (Å²) < 4.78 is 5.14. The van der Waals surface area contributed by atoms with E-state index in [1.165, 1.54) is 0 Å². The van der Waals surface area contributed by atoms with Gasteiger partial charge in [0.25, 0.3) is 0 Å². The Hall–Kier alpha value is -2.57. The van der Waals surface area contributed by atoms with Crippen molar-refractivity contribution in [1.29, 1.82) is 0 Å². The molecule has 2 atom stereocenters. The van der Waals surface area contributed by atoms with E-state index >= 15 is 0 Å². The van der Waals surface area contributed by atoms with Crippen LogP contribution in [0.5, 0.6) is 0 Å². The van der Waals surface area contributed by atoms with Crippen LogP contribution >= 0.6 is 0 Å². The molecule has 0 unspecified atom stereocenters. The number of aliphatic carboxylic acids is 1. The fourth-order valence-corrected chi connectivity index (χ4v) is 2.60. The number of hydrogen-bond acceptors (Lipinski definition) is 4. The summed E-state index contributed by atoms with van der Waals surface area (Å²) in [6, 6.07) is 7.41. The second-order valence-electron chi connectivity index (χ2n) is 7.01. The van der Waals surface area contributed by atoms with Crippen LogP contribution in [0.3, 0.4) is 0 Å². The van der Waals surface area contributed by atoms with Crippen molar-refractivity contribution in [2.24, 2.45) is 11.8 Å². The Kier molecular flexibility index (Phi) is 7.00. The highest BCUT2D eigenvalue weighted by atomic mass is 16.5. The zero-order valence-electron chi connectivity index (χ0n) is 15.1. The lowest BCUT2D eigenvalue weighted by atomic mass is 10.0. The Morgan fingerprint density at radius 3 is 2.35 bits per heavy atom. The van der Waals surface area contributed by atoms with E-state index in [2.05, 4.69) is 10.6 Å². The van der Waals surface area contributed by atoms with Crippen molar-refractivity contribution in [2.75, 3.05) is 0 Å². The molecule has 0 saturated heterocycles. The summed E-state index contributed by atoms with van der Waals surface area (Å²) >= 11 is 0. The van der Waals surface area contributed by atoms with Gasteiger partial charge in [-0.2, -0.15) is 0 Å². The molecule has 0 aliphatic heterocycles. The SMILES string of the molecule is CC(C)[C@@H](NC(=O)OCc1ccccc1)C(=O)N[C@H](CC1CC1)C(=O)O. The summed E-state index contributed by atoms with van der Waals surface area (Å²) in [4.78, 5) is 35.8. The Labute approximate surface area is 153 Å². The van der Waals surface area contributed by atoms with E-state index in [0.717, 1.165) is 18.4 Å². The van der Waals surface area contributed by atoms with Crippen LogP contribution in [-0.2, 0) is 20.9 Å². The van der Waals surface area contributed by atoms with Crippen molar-refractivity contribution in [3.63, 3.8) is 0 Å². The highest BCUT2D eigenvalue weighted by Gasteiger charge is 2.33. The molecule has 1 aliphatic rings. The summed E-state index contributed by atoms with van der Waals surface area (Å²) in [5, 5.41) is 14.4. The van der Waals surface area contributed by atoms with Gasteiger partial charge in [-0.3, -0.25) is 4.79 Å². The second kappa shape index (κ2) is 9.22. The largest absolute Gasteiger partial charge is 0.480 e. The van der Waals surface area contributed by atoms with E-state index in [-0.39, 0.29) is 12.5 Å². The number of carbonyl (C=O) groups excluding carboxylic acids is 2. The molecule has 1 fully saturated rings. The third kappa shape index (κ3) is 6.38. The molecule has 1 aromatic carbocycles. The number of carboxylic acid groups (broad SMARTS) is 1. The second-order valence-corrected chi connectivity index (χ2v) is 7.01. The van der Waals surface area contributed by atoms with Gasteiger partial charge in [0.1, 0.15) is 18.7 Å². The minimum Gasteiger partial charge on any atom is -0.480 e. The van der Waals surface area contributed by atoms with Gasteiger partial charge in [0.05, 0.1) is 0 Å². The predicted molar refractivity (Wildman–Crippen MR) is 95.3 cm³/mol. The van der Waals surface area contributed by atoms with Crippen LogP contribution in [0.4, 0.5) is 4.79 Å². The third-order valence-electron chi connectivity index (χ3n) is 4.32. The molecule has 1 aliphatic carbocycles. The number of amides is 2. The number of hydrogen-bond donors (Lipinski definition) is 3. The number of carbonyl (C=O) groups is 3. The summed E-state index contributed by atoms with van der Waals surface area (Å²) in [5.41, 5.74) is 0.837. The molecule has 0 bridgehead atoms. The molecular weight excluding hydrogens is 336 g/mol. The first-order valence-corrected chi connectivity index (χ1v) is 8.87. The van der Waals surface area contributed by atoms with E-state index in [1.54, 1.807) is 13.8 Å². The van der Waals surface area contributed by atoms with Gasteiger partial charge in [0.2, 0.25) is 5.91 Å². The monoisotopic (exact) mass is 362 g/mol. The topological polar surface area (TPSA) is 105 Å². The molecular formula is C19H26N2O5. The number of alkyl carbamates (subject to hydrolysis) is 1. The molecule has 1 saturated carbocycles. The van der Waals surface area contributed by atoms with Crippen molar-refractivity contribution >= 4 is 18.0 Å². The van der Waals surface area contributed by atoms with E-state index in [1.807, 2.05) is 30.3 Å². The predicted octanol–water partition coefficient (Wildman–Crippen LogP) is 2.31. The molecule has 7 heteroatoms. The first-order chi connectivity index (χ1) is 12.4. The maximum atomic E-state index is 12.5. The van der Waals surface area contributed by atoms with Crippen LogP contribution in [0.25, 0.3) is 0 Å². The molecule has 2 amide bonds. The van der Waals surface area contributed by atoms with Gasteiger partial charge < -0.3 is 20.5 Å². The number of ether oxygens (including phenoxy) is 1. The first kappa shape index (κ1) is 19.8. The Balaban J connectivity index is 1.88. The lowest BCUT2D eigenvalue weighted by Gasteiger charge is -2.23. The number of nitrogens with one attached hydrogen (secondary N) is 2. The minimum absolute atomic E-state index is 0.0958. The number of rotatable bonds is 9. The van der Waals surface area contributed by atoms with Gasteiger partial charge in [0.15, 0.2) is 0 Å². The quantitative estimate of drug-likeness (QED) is 0.625. The molecule has 0 spiro atoms. The summed E-state index contributed by atoms with van der Waals surface area (Å²) in [7, 11) is 0. The van der Waals surface area contributed by atoms with Crippen molar-refractivity contribution in [2.45, 2.75) is 51.8 Å². The molecule has 0 radical (unpaired) electrons. The van der Waals surface area contributed by atoms with Crippen molar-refractivity contribution in [1.82, 2.24) is 10.6 Å². The maximum absolute atomic E-state index is 12.5. The molecule has 1 aromatic rings. The molecule has 3 N–H and O–H groups in total. The van der Waals surface area contributed by atoms with Crippen LogP contribution in [0.15, 0.2) is 30.3 Å². The van der Waals surface area contributed by atoms with Crippen molar-refractivity contribution < 1.29 is 24.2 Å². The normalized spacial score (nSPS) is 15.8. The minimum atomic E-state index is -1.06. The molecule has 26 heavy (non-hydrogen) atoms. The fraction of sp³-hybridized carbons (Fsp3) is 0.526. The number of carboxylic acids is 1. The summed E-state index contributed by atoms with van der Waals surface area (Å²) in [6.45, 7) is 3.65. The number of benzene rings is 1. The third-order valence-corrected chi connectivity index (χ3v) is 4.32. The summed E-state index contributed by atoms with van der Waals surface area (Å²) in [5.74, 6) is -1.42. The van der Waals surface area contributed by atoms with Gasteiger partial charge >= 0.3 is 12.1 Å². The lowest BCUT2D eigenvalue weighted by Crippen LogP contribution is -2.53. The molecule has 142 valence electrons. The Morgan fingerprint density at radius 2 is 1.81 bits per heavy atom. The first-order valence-electron chi connectivity index (χ1n) is 8.87. The fourth-order valence-electron chi connectivity index (χ4n) is 2.60. The van der Waals surface area contributed by atoms with E-state index in [4.69, 9.17) is 4.74 Å². The zero-order valence-corrected chi connectivity index (χ0v) is 15.1. The van der Waals surface area contributed by atoms with E-state index in [9.17, 15) is 19.5 Å². The van der Waals surface area contributed by atoms with Crippen LogP contribution in [0, 0.1) is 11.8 Å². The lowest BCUT2D eigenvalue weighted by molar-refractivity contribution is -0.142. The smallest absolute Gasteiger partial charge is 0.408 e. The van der Waals surface area contributed by atoms with E-state index in [0.29, 0.717) is 12.3 Å². The molecule has 0 aromatic heterocycles. The average Bonchev–Trinajstić information content (AvgIpc) is 3.41. The highest BCUT2D eigenvalue weighted by molar-refractivity contribution is 5.89. The Bertz CT molecular complexity index is 628. The van der Waals surface area contributed by atoms with Gasteiger partial charge in [0, 0.05) is 0 Å². The Morgan fingerprint density at radius 1 is 1.15 bits per heavy atom. The maximum Gasteiger partial charge on any atom is 0.408 e. The molecule has 7 nitrogen and oxygen atoms in total.